The summed E-state index contributed by atoms with van der Waals surface area (Å²) >= 11 is 0. The molecule has 1 aliphatic heterocycles. The van der Waals surface area contributed by atoms with Crippen LogP contribution in [0.3, 0.4) is 0 Å². The molecule has 6 nitrogen and oxygen atoms in total. The van der Waals surface area contributed by atoms with Gasteiger partial charge in [-0.05, 0) is 51.0 Å². The summed E-state index contributed by atoms with van der Waals surface area (Å²) in [5, 5.41) is 6.66. The Labute approximate surface area is 196 Å². The van der Waals surface area contributed by atoms with E-state index in [0.717, 1.165) is 54.8 Å². The van der Waals surface area contributed by atoms with Crippen LogP contribution < -0.4 is 15.4 Å². The van der Waals surface area contributed by atoms with Gasteiger partial charge < -0.3 is 20.1 Å². The first-order valence-electron chi connectivity index (χ1n) is 10.4. The average Bonchev–Trinajstić information content (AvgIpc) is 3.23. The molecular formula is C23H33IN4O2. The van der Waals surface area contributed by atoms with Gasteiger partial charge in [0.2, 0.25) is 0 Å². The summed E-state index contributed by atoms with van der Waals surface area (Å²) in [5.74, 6) is 2.16. The molecule has 0 aliphatic carbocycles. The molecule has 1 aromatic carbocycles. The van der Waals surface area contributed by atoms with Crippen LogP contribution in [0, 0.1) is 19.8 Å². The lowest BCUT2D eigenvalue weighted by molar-refractivity contribution is 0.166. The number of nitrogens with zero attached hydrogens (tertiary/aromatic N) is 2. The van der Waals surface area contributed by atoms with E-state index >= 15 is 0 Å². The van der Waals surface area contributed by atoms with E-state index in [4.69, 9.17) is 14.5 Å². The van der Waals surface area contributed by atoms with Crippen molar-refractivity contribution in [2.24, 2.45) is 10.9 Å². The van der Waals surface area contributed by atoms with Crippen LogP contribution in [0.2, 0.25) is 0 Å². The maximum atomic E-state index is 6.14. The Morgan fingerprint density at radius 2 is 2.10 bits per heavy atom. The predicted octanol–water partition coefficient (Wildman–Crippen LogP) is 3.99. The van der Waals surface area contributed by atoms with Gasteiger partial charge >= 0.3 is 0 Å². The molecule has 0 radical (unpaired) electrons. The van der Waals surface area contributed by atoms with Crippen LogP contribution in [0.4, 0.5) is 0 Å². The van der Waals surface area contributed by atoms with E-state index in [9.17, 15) is 0 Å². The number of guanidine groups is 1. The molecule has 2 heterocycles. The van der Waals surface area contributed by atoms with Crippen molar-refractivity contribution in [3.63, 3.8) is 0 Å². The Morgan fingerprint density at radius 1 is 1.23 bits per heavy atom. The molecule has 0 spiro atoms. The summed E-state index contributed by atoms with van der Waals surface area (Å²) in [7, 11) is 0. The van der Waals surface area contributed by atoms with Crippen molar-refractivity contribution in [1.82, 2.24) is 15.6 Å². The molecule has 0 bridgehead atoms. The Morgan fingerprint density at radius 3 is 2.83 bits per heavy atom. The molecule has 1 atom stereocenters. The highest BCUT2D eigenvalue weighted by molar-refractivity contribution is 14.0. The second kappa shape index (κ2) is 12.7. The Kier molecular flexibility index (Phi) is 10.4. The lowest BCUT2D eigenvalue weighted by atomic mass is 10.1. The van der Waals surface area contributed by atoms with E-state index in [1.807, 2.05) is 25.1 Å². The lowest BCUT2D eigenvalue weighted by Gasteiger charge is -2.15. The first-order valence-corrected chi connectivity index (χ1v) is 10.4. The number of aryl methyl sites for hydroxylation is 2. The number of hydrogen-bond donors (Lipinski definition) is 2. The maximum Gasteiger partial charge on any atom is 0.191 e. The maximum absolute atomic E-state index is 6.14. The largest absolute Gasteiger partial charge is 0.493 e. The standard InChI is InChI=1S/C23H32N4O2.HI/c1-4-24-23(26-14-21-7-5-6-18(3)27-21)25-13-20-9-8-17(2)12-22(20)29-16-19-10-11-28-15-19;/h5-9,12,19H,4,10-11,13-16H2,1-3H3,(H2,24,25,26);1H. The number of nitrogens with one attached hydrogen (secondary N) is 2. The van der Waals surface area contributed by atoms with Crippen molar-refractivity contribution >= 4 is 29.9 Å². The van der Waals surface area contributed by atoms with Crippen LogP contribution in [-0.2, 0) is 17.8 Å². The minimum absolute atomic E-state index is 0. The van der Waals surface area contributed by atoms with Gasteiger partial charge in [0.25, 0.3) is 0 Å². The summed E-state index contributed by atoms with van der Waals surface area (Å²) in [6.07, 6.45) is 1.07. The number of rotatable bonds is 8. The van der Waals surface area contributed by atoms with Crippen molar-refractivity contribution in [3.8, 4) is 5.75 Å². The summed E-state index contributed by atoms with van der Waals surface area (Å²) < 4.78 is 11.6. The Bertz CT molecular complexity index is 823. The van der Waals surface area contributed by atoms with Crippen molar-refractivity contribution < 1.29 is 9.47 Å². The molecular weight excluding hydrogens is 491 g/mol. The smallest absolute Gasteiger partial charge is 0.191 e. The van der Waals surface area contributed by atoms with E-state index in [1.165, 1.54) is 5.56 Å². The van der Waals surface area contributed by atoms with Crippen molar-refractivity contribution in [3.05, 3.63) is 58.9 Å². The first kappa shape index (κ1) is 24.4. The molecule has 164 valence electrons. The van der Waals surface area contributed by atoms with Crippen LogP contribution in [-0.4, -0.2) is 37.3 Å². The number of halogens is 1. The summed E-state index contributed by atoms with van der Waals surface area (Å²) in [4.78, 5) is 9.29. The summed E-state index contributed by atoms with van der Waals surface area (Å²) in [6, 6.07) is 12.3. The molecule has 1 unspecified atom stereocenters. The Hall–Kier alpha value is -1.87. The third-order valence-corrected chi connectivity index (χ3v) is 4.86. The molecule has 1 fully saturated rings. The van der Waals surface area contributed by atoms with Crippen molar-refractivity contribution in [2.75, 3.05) is 26.4 Å². The highest BCUT2D eigenvalue weighted by atomic mass is 127. The van der Waals surface area contributed by atoms with Gasteiger partial charge in [0.15, 0.2) is 5.96 Å². The van der Waals surface area contributed by atoms with Gasteiger partial charge in [-0.25, -0.2) is 4.99 Å². The zero-order valence-electron chi connectivity index (χ0n) is 18.1. The number of aliphatic imine (C=N–C) groups is 1. The van der Waals surface area contributed by atoms with E-state index < -0.39 is 0 Å². The molecule has 30 heavy (non-hydrogen) atoms. The number of pyridine rings is 1. The fourth-order valence-electron chi connectivity index (χ4n) is 3.23. The quantitative estimate of drug-likeness (QED) is 0.311. The molecule has 0 saturated carbocycles. The topological polar surface area (TPSA) is 67.8 Å². The SMILES string of the molecule is CCNC(=NCc1ccc(C)cc1OCC1CCOC1)NCc1cccc(C)n1.I. The number of hydrogen-bond acceptors (Lipinski definition) is 4. The normalized spacial score (nSPS) is 16.1. The molecule has 1 aliphatic rings. The van der Waals surface area contributed by atoms with E-state index in [2.05, 4.69) is 47.7 Å². The minimum Gasteiger partial charge on any atom is -0.493 e. The monoisotopic (exact) mass is 524 g/mol. The zero-order valence-corrected chi connectivity index (χ0v) is 20.4. The highest BCUT2D eigenvalue weighted by Gasteiger charge is 2.17. The van der Waals surface area contributed by atoms with Crippen LogP contribution in [0.15, 0.2) is 41.4 Å². The van der Waals surface area contributed by atoms with Crippen LogP contribution in [0.25, 0.3) is 0 Å². The number of benzene rings is 1. The third-order valence-electron chi connectivity index (χ3n) is 4.86. The van der Waals surface area contributed by atoms with Crippen LogP contribution >= 0.6 is 24.0 Å². The molecule has 2 aromatic rings. The zero-order chi connectivity index (χ0) is 20.5. The fourth-order valence-corrected chi connectivity index (χ4v) is 3.23. The fraction of sp³-hybridized carbons (Fsp3) is 0.478. The summed E-state index contributed by atoms with van der Waals surface area (Å²) in [6.45, 7) is 10.4. The molecule has 2 N–H and O–H groups in total. The predicted molar refractivity (Wildman–Crippen MR) is 132 cm³/mol. The van der Waals surface area contributed by atoms with Gasteiger partial charge in [0.05, 0.1) is 32.0 Å². The molecule has 0 amide bonds. The Balaban J connectivity index is 0.00000320. The third kappa shape index (κ3) is 7.75. The van der Waals surface area contributed by atoms with Crippen LogP contribution in [0.1, 0.15) is 35.9 Å². The van der Waals surface area contributed by atoms with Crippen LogP contribution in [0.5, 0.6) is 5.75 Å². The molecule has 7 heteroatoms. The van der Waals surface area contributed by atoms with Gasteiger partial charge in [0.1, 0.15) is 5.75 Å². The molecule has 3 rings (SSSR count). The van der Waals surface area contributed by atoms with E-state index in [1.54, 1.807) is 0 Å². The number of aromatic nitrogens is 1. The van der Waals surface area contributed by atoms with Gasteiger partial charge in [0, 0.05) is 30.3 Å². The minimum atomic E-state index is 0. The molecule has 1 aromatic heterocycles. The van der Waals surface area contributed by atoms with Gasteiger partial charge in [-0.1, -0.05) is 18.2 Å². The van der Waals surface area contributed by atoms with Crippen molar-refractivity contribution in [2.45, 2.75) is 40.3 Å². The lowest BCUT2D eigenvalue weighted by Crippen LogP contribution is -2.37. The summed E-state index contributed by atoms with van der Waals surface area (Å²) in [5.41, 5.74) is 4.28. The first-order chi connectivity index (χ1) is 14.1. The van der Waals surface area contributed by atoms with Gasteiger partial charge in [-0.2, -0.15) is 0 Å². The highest BCUT2D eigenvalue weighted by Crippen LogP contribution is 2.23. The average molecular weight is 524 g/mol. The van der Waals surface area contributed by atoms with Gasteiger partial charge in [-0.3, -0.25) is 4.98 Å². The second-order valence-corrected chi connectivity index (χ2v) is 7.47. The van der Waals surface area contributed by atoms with E-state index in [-0.39, 0.29) is 24.0 Å². The second-order valence-electron chi connectivity index (χ2n) is 7.47. The number of ether oxygens (including phenoxy) is 2. The molecule has 1 saturated heterocycles. The van der Waals surface area contributed by atoms with E-state index in [0.29, 0.717) is 25.6 Å². The van der Waals surface area contributed by atoms with Crippen molar-refractivity contribution in [1.29, 1.82) is 0 Å². The van der Waals surface area contributed by atoms with Gasteiger partial charge in [-0.15, -0.1) is 24.0 Å².